The second kappa shape index (κ2) is 13.1. The lowest BCUT2D eigenvalue weighted by molar-refractivity contribution is -0.233. The normalized spacial score (nSPS) is 34.7. The molecule has 16 nitrogen and oxygen atoms in total. The number of hydrogen-bond donors (Lipinski definition) is 11. The van der Waals surface area contributed by atoms with Crippen LogP contribution in [-0.4, -0.2) is 133 Å². The van der Waals surface area contributed by atoms with Crippen LogP contribution in [0.5, 0.6) is 0 Å². The maximum atomic E-state index is 13.0. The van der Waals surface area contributed by atoms with Crippen LogP contribution < -0.4 is 16.0 Å². The van der Waals surface area contributed by atoms with E-state index in [4.69, 9.17) is 9.47 Å². The second-order valence-electron chi connectivity index (χ2n) is 9.15. The van der Waals surface area contributed by atoms with Crippen LogP contribution in [0.3, 0.4) is 0 Å². The van der Waals surface area contributed by atoms with Gasteiger partial charge >= 0.3 is 0 Å². The number of carbonyl (C=O) groups is 3. The fraction of sp³-hybridized carbons (Fsp3) is 0.609. The van der Waals surface area contributed by atoms with E-state index in [0.717, 1.165) is 6.07 Å². The van der Waals surface area contributed by atoms with E-state index in [1.54, 1.807) is 6.92 Å². The van der Waals surface area contributed by atoms with E-state index >= 15 is 0 Å². The lowest BCUT2D eigenvalue weighted by Gasteiger charge is -2.40. The Morgan fingerprint density at radius 2 is 1.10 bits per heavy atom. The molecule has 1 aromatic carbocycles. The van der Waals surface area contributed by atoms with Gasteiger partial charge in [-0.2, -0.15) is 0 Å². The maximum absolute atomic E-state index is 13.0. The molecule has 0 aliphatic carbocycles. The van der Waals surface area contributed by atoms with E-state index in [0.29, 0.717) is 0 Å². The van der Waals surface area contributed by atoms with Crippen LogP contribution in [0.2, 0.25) is 0 Å². The summed E-state index contributed by atoms with van der Waals surface area (Å²) < 4.78 is 10.5. The minimum atomic E-state index is -1.77. The summed E-state index contributed by atoms with van der Waals surface area (Å²) in [6, 6.07) is 3.50. The SMILES string of the molecule is CCC(=O)Nc1cc(C(=O)N[C@@H]2O[C@H](CO)[C@H](O)[C@H](O)[C@H]2O)cc(C(=O)N[C@@H]2O[C@H](CO)[C@H](O)[C@H](O)[C@H]2O)c1. The number of carbonyl (C=O) groups excluding carboxylic acids is 3. The Kier molecular flexibility index (Phi) is 10.3. The number of rotatable bonds is 8. The molecule has 11 N–H and O–H groups in total. The minimum Gasteiger partial charge on any atom is -0.394 e. The molecular formula is C23H33N3O13. The van der Waals surface area contributed by atoms with Crippen molar-refractivity contribution in [3.8, 4) is 0 Å². The number of benzene rings is 1. The third-order valence-electron chi connectivity index (χ3n) is 6.39. The van der Waals surface area contributed by atoms with Crippen molar-refractivity contribution in [1.82, 2.24) is 10.6 Å². The van der Waals surface area contributed by atoms with E-state index in [9.17, 15) is 55.2 Å². The van der Waals surface area contributed by atoms with Crippen molar-refractivity contribution >= 4 is 23.4 Å². The Morgan fingerprint density at radius 1 is 0.692 bits per heavy atom. The summed E-state index contributed by atoms with van der Waals surface area (Å²) in [5.41, 5.74) is -0.429. The third kappa shape index (κ3) is 6.87. The molecule has 0 unspecified atom stereocenters. The second-order valence-corrected chi connectivity index (χ2v) is 9.15. The van der Waals surface area contributed by atoms with Crippen LogP contribution in [0.15, 0.2) is 18.2 Å². The Bertz CT molecular complexity index is 970. The standard InChI is InChI=1S/C23H33N3O13/c1-2-13(29)24-10-4-8(20(36)25-22-18(34)16(32)14(30)11(6-27)38-22)3-9(5-10)21(37)26-23-19(35)17(33)15(31)12(7-28)39-23/h3-5,11-12,14-19,22-23,27-28,30-35H,2,6-7H2,1H3,(H,24,29)(H,25,36)(H,26,37)/t11-,12-,14+,15+,16+,17+,18-,19-,22-,23-/m1/s1. The molecule has 0 radical (unpaired) electrons. The van der Waals surface area contributed by atoms with Crippen molar-refractivity contribution in [2.45, 2.75) is 74.6 Å². The van der Waals surface area contributed by atoms with Gasteiger partial charge in [0, 0.05) is 23.2 Å². The molecule has 218 valence electrons. The molecule has 3 amide bonds. The Hall–Kier alpha value is -2.77. The molecule has 3 rings (SSSR count). The fourth-order valence-electron chi connectivity index (χ4n) is 4.08. The molecule has 1 aromatic rings. The van der Waals surface area contributed by atoms with E-state index in [1.165, 1.54) is 12.1 Å². The summed E-state index contributed by atoms with van der Waals surface area (Å²) >= 11 is 0. The minimum absolute atomic E-state index is 0.0160. The van der Waals surface area contributed by atoms with Gasteiger partial charge in [0.25, 0.3) is 11.8 Å². The maximum Gasteiger partial charge on any atom is 0.253 e. The summed E-state index contributed by atoms with van der Waals surface area (Å²) in [5.74, 6) is -2.33. The number of amides is 3. The van der Waals surface area contributed by atoms with Crippen LogP contribution in [0.25, 0.3) is 0 Å². The zero-order chi connectivity index (χ0) is 29.0. The average molecular weight is 560 g/mol. The molecule has 0 aromatic heterocycles. The number of hydrogen-bond acceptors (Lipinski definition) is 13. The average Bonchev–Trinajstić information content (AvgIpc) is 2.93. The van der Waals surface area contributed by atoms with Gasteiger partial charge in [0.05, 0.1) is 13.2 Å². The Morgan fingerprint density at radius 3 is 1.46 bits per heavy atom. The topological polar surface area (TPSA) is 268 Å². The molecule has 2 saturated heterocycles. The van der Waals surface area contributed by atoms with Crippen molar-refractivity contribution in [2.75, 3.05) is 18.5 Å². The smallest absolute Gasteiger partial charge is 0.253 e. The van der Waals surface area contributed by atoms with Crippen LogP contribution in [0.4, 0.5) is 5.69 Å². The van der Waals surface area contributed by atoms with Gasteiger partial charge in [-0.3, -0.25) is 14.4 Å². The molecule has 0 spiro atoms. The number of aliphatic hydroxyl groups excluding tert-OH is 8. The first-order valence-corrected chi connectivity index (χ1v) is 12.1. The van der Waals surface area contributed by atoms with Gasteiger partial charge in [0.2, 0.25) is 5.91 Å². The number of ether oxygens (including phenoxy) is 2. The van der Waals surface area contributed by atoms with Gasteiger partial charge in [-0.15, -0.1) is 0 Å². The summed E-state index contributed by atoms with van der Waals surface area (Å²) in [7, 11) is 0. The van der Waals surface area contributed by atoms with Gasteiger partial charge in [-0.1, -0.05) is 6.92 Å². The molecule has 10 atom stereocenters. The first kappa shape index (κ1) is 30.8. The number of anilines is 1. The zero-order valence-electron chi connectivity index (χ0n) is 20.7. The summed E-state index contributed by atoms with van der Waals surface area (Å²) in [5, 5.41) is 85.9. The van der Waals surface area contributed by atoms with Gasteiger partial charge in [0.1, 0.15) is 48.8 Å². The van der Waals surface area contributed by atoms with Crippen molar-refractivity contribution in [3.05, 3.63) is 29.3 Å². The lowest BCUT2D eigenvalue weighted by Crippen LogP contribution is -2.63. The molecule has 2 heterocycles. The van der Waals surface area contributed by atoms with E-state index in [1.807, 2.05) is 0 Å². The van der Waals surface area contributed by atoms with Crippen LogP contribution in [0.1, 0.15) is 34.1 Å². The van der Waals surface area contributed by atoms with Gasteiger partial charge in [-0.05, 0) is 18.2 Å². The van der Waals surface area contributed by atoms with Gasteiger partial charge < -0.3 is 66.3 Å². The molecule has 16 heteroatoms. The third-order valence-corrected chi connectivity index (χ3v) is 6.39. The number of nitrogens with one attached hydrogen (secondary N) is 3. The van der Waals surface area contributed by atoms with Crippen LogP contribution in [0, 0.1) is 0 Å². The fourth-order valence-corrected chi connectivity index (χ4v) is 4.08. The number of aliphatic hydroxyl groups is 8. The van der Waals surface area contributed by atoms with E-state index in [2.05, 4.69) is 16.0 Å². The highest BCUT2D eigenvalue weighted by atomic mass is 16.6. The quantitative estimate of drug-likeness (QED) is 0.143. The van der Waals surface area contributed by atoms with Crippen molar-refractivity contribution < 1.29 is 64.7 Å². The molecule has 2 fully saturated rings. The lowest BCUT2D eigenvalue weighted by atomic mass is 9.98. The van der Waals surface area contributed by atoms with Crippen molar-refractivity contribution in [3.63, 3.8) is 0 Å². The van der Waals surface area contributed by atoms with Crippen molar-refractivity contribution in [2.24, 2.45) is 0 Å². The molecule has 39 heavy (non-hydrogen) atoms. The van der Waals surface area contributed by atoms with Crippen LogP contribution in [-0.2, 0) is 14.3 Å². The monoisotopic (exact) mass is 559 g/mol. The van der Waals surface area contributed by atoms with Gasteiger partial charge in [0.15, 0.2) is 12.5 Å². The Labute approximate surface area is 221 Å². The molecule has 0 bridgehead atoms. The summed E-state index contributed by atoms with van der Waals surface area (Å²) in [4.78, 5) is 38.0. The van der Waals surface area contributed by atoms with Gasteiger partial charge in [-0.25, -0.2) is 0 Å². The molecule has 0 saturated carbocycles. The molecule has 2 aliphatic rings. The van der Waals surface area contributed by atoms with Crippen molar-refractivity contribution in [1.29, 1.82) is 0 Å². The first-order chi connectivity index (χ1) is 18.4. The first-order valence-electron chi connectivity index (χ1n) is 12.1. The summed E-state index contributed by atoms with van der Waals surface area (Å²) in [6.07, 6.45) is -16.0. The predicted molar refractivity (Wildman–Crippen MR) is 128 cm³/mol. The zero-order valence-corrected chi connectivity index (χ0v) is 20.7. The van der Waals surface area contributed by atoms with Crippen LogP contribution >= 0.6 is 0 Å². The highest BCUT2D eigenvalue weighted by Gasteiger charge is 2.45. The highest BCUT2D eigenvalue weighted by Crippen LogP contribution is 2.23. The molecule has 2 aliphatic heterocycles. The Balaban J connectivity index is 1.85. The largest absolute Gasteiger partial charge is 0.394 e. The highest BCUT2D eigenvalue weighted by molar-refractivity contribution is 6.02. The summed E-state index contributed by atoms with van der Waals surface area (Å²) in [6.45, 7) is 0.119. The predicted octanol–water partition coefficient (Wildman–Crippen LogP) is -4.91. The van der Waals surface area contributed by atoms with E-state index < -0.39 is 92.2 Å². The molecular weight excluding hydrogens is 526 g/mol. The van der Waals surface area contributed by atoms with E-state index in [-0.39, 0.29) is 23.2 Å².